The van der Waals surface area contributed by atoms with Crippen molar-refractivity contribution in [3.63, 3.8) is 0 Å². The van der Waals surface area contributed by atoms with Crippen LogP contribution in [0.25, 0.3) is 0 Å². The predicted octanol–water partition coefficient (Wildman–Crippen LogP) is 2.45. The summed E-state index contributed by atoms with van der Waals surface area (Å²) in [5.41, 5.74) is 0.582. The maximum atomic E-state index is 13.5. The molecule has 1 saturated heterocycles. The molecule has 168 valence electrons. The third-order valence-corrected chi connectivity index (χ3v) is 6.47. The molecule has 3 amide bonds. The number of benzene rings is 1. The molecule has 1 fully saturated rings. The third-order valence-electron chi connectivity index (χ3n) is 6.22. The molecule has 0 spiro atoms. The molecule has 1 aromatic rings. The smallest absolute Gasteiger partial charge is 0.247 e. The Hall–Kier alpha value is -2.38. The van der Waals surface area contributed by atoms with Crippen molar-refractivity contribution in [1.29, 1.82) is 0 Å². The van der Waals surface area contributed by atoms with Gasteiger partial charge in [-0.1, -0.05) is 37.1 Å². The number of aliphatic hydroxyl groups excluding tert-OH is 1. The van der Waals surface area contributed by atoms with Crippen LogP contribution in [-0.2, 0) is 14.4 Å². The number of hydrogen-bond donors (Lipinski definition) is 3. The molecule has 1 aromatic carbocycles. The summed E-state index contributed by atoms with van der Waals surface area (Å²) < 4.78 is 0. The minimum atomic E-state index is -0.745. The molecule has 2 aliphatic rings. The van der Waals surface area contributed by atoms with Gasteiger partial charge in [0.2, 0.25) is 17.7 Å². The van der Waals surface area contributed by atoms with Crippen LogP contribution in [0.2, 0.25) is 5.02 Å². The molecule has 5 atom stereocenters. The van der Waals surface area contributed by atoms with Gasteiger partial charge < -0.3 is 20.6 Å². The fraction of sp³-hybridized carbons (Fsp3) is 0.522. The van der Waals surface area contributed by atoms with E-state index < -0.39 is 23.8 Å². The number of nitrogens with zero attached hydrogens (tertiary/aromatic N) is 1. The number of fused-ring (bicyclic) bond motifs is 1. The highest BCUT2D eigenvalue weighted by Gasteiger charge is 2.56. The number of carbonyl (C=O) groups excluding carboxylic acids is 3. The molecule has 3 N–H and O–H groups in total. The second-order valence-corrected chi connectivity index (χ2v) is 8.57. The summed E-state index contributed by atoms with van der Waals surface area (Å²) in [6.07, 6.45) is 5.98. The summed E-state index contributed by atoms with van der Waals surface area (Å²) in [6.45, 7) is 2.22. The number of hydrogen-bond acceptors (Lipinski definition) is 4. The third kappa shape index (κ3) is 4.77. The monoisotopic (exact) mass is 447 g/mol. The van der Waals surface area contributed by atoms with E-state index in [0.29, 0.717) is 17.1 Å². The van der Waals surface area contributed by atoms with Crippen molar-refractivity contribution >= 4 is 35.0 Å². The van der Waals surface area contributed by atoms with E-state index in [2.05, 4.69) is 10.6 Å². The summed E-state index contributed by atoms with van der Waals surface area (Å²) in [5.74, 6) is -2.25. The van der Waals surface area contributed by atoms with Crippen molar-refractivity contribution in [2.24, 2.45) is 23.7 Å². The van der Waals surface area contributed by atoms with Crippen molar-refractivity contribution in [3.8, 4) is 0 Å². The zero-order valence-corrected chi connectivity index (χ0v) is 18.6. The molecule has 0 saturated carbocycles. The summed E-state index contributed by atoms with van der Waals surface area (Å²) in [5, 5.41) is 15.5. The van der Waals surface area contributed by atoms with Crippen molar-refractivity contribution in [2.75, 3.05) is 25.5 Å². The molecule has 7 nitrogen and oxygen atoms in total. The standard InChI is InChI=1S/C23H30ClN3O4/c1-3-5-14-6-11-17-19(18(14)21(29)25-2)23(31)27(12-4-13-28)20(17)22(30)26-16-9-7-15(24)8-10-16/h6-11,14,17-20,28H,3-5,12-13H2,1-2H3,(H,25,29)(H,26,30)/t14-,17+,18-,19+,20+/m1/s1. The number of carbonyl (C=O) groups is 3. The lowest BCUT2D eigenvalue weighted by Crippen LogP contribution is -2.45. The topological polar surface area (TPSA) is 98.7 Å². The first-order valence-electron chi connectivity index (χ1n) is 10.8. The Morgan fingerprint density at radius 1 is 1.16 bits per heavy atom. The maximum absolute atomic E-state index is 13.5. The van der Waals surface area contributed by atoms with E-state index in [1.807, 2.05) is 19.1 Å². The highest BCUT2D eigenvalue weighted by molar-refractivity contribution is 6.30. The Morgan fingerprint density at radius 2 is 1.87 bits per heavy atom. The van der Waals surface area contributed by atoms with E-state index >= 15 is 0 Å². The Balaban J connectivity index is 1.95. The fourth-order valence-corrected chi connectivity index (χ4v) is 4.99. The van der Waals surface area contributed by atoms with Crippen LogP contribution in [0.1, 0.15) is 26.2 Å². The largest absolute Gasteiger partial charge is 0.396 e. The molecule has 1 aliphatic carbocycles. The predicted molar refractivity (Wildman–Crippen MR) is 119 cm³/mol. The van der Waals surface area contributed by atoms with Crippen LogP contribution in [-0.4, -0.2) is 54.0 Å². The van der Waals surface area contributed by atoms with Crippen LogP contribution in [0.15, 0.2) is 36.4 Å². The van der Waals surface area contributed by atoms with Crippen molar-refractivity contribution in [1.82, 2.24) is 10.2 Å². The first-order chi connectivity index (χ1) is 14.9. The Kier molecular flexibility index (Phi) is 7.73. The molecular formula is C23H30ClN3O4. The molecule has 0 radical (unpaired) electrons. The SMILES string of the molecule is CCC[C@@H]1C=C[C@H]2[C@H](C(=O)N(CCCO)[C@@H]2C(=O)Nc2ccc(Cl)cc2)[C@@H]1C(=O)NC. The van der Waals surface area contributed by atoms with Gasteiger partial charge in [-0.15, -0.1) is 0 Å². The molecule has 0 bridgehead atoms. The van der Waals surface area contributed by atoms with Crippen LogP contribution < -0.4 is 10.6 Å². The van der Waals surface area contributed by atoms with E-state index in [4.69, 9.17) is 11.6 Å². The average Bonchev–Trinajstić information content (AvgIpc) is 3.05. The van der Waals surface area contributed by atoms with Gasteiger partial charge in [-0.2, -0.15) is 0 Å². The lowest BCUT2D eigenvalue weighted by Gasteiger charge is -2.34. The normalized spacial score (nSPS) is 27.2. The quantitative estimate of drug-likeness (QED) is 0.533. The number of allylic oxidation sites excluding steroid dienone is 1. The van der Waals surface area contributed by atoms with Gasteiger partial charge in [-0.25, -0.2) is 0 Å². The lowest BCUT2D eigenvalue weighted by molar-refractivity contribution is -0.140. The molecular weight excluding hydrogens is 418 g/mol. The average molecular weight is 448 g/mol. The van der Waals surface area contributed by atoms with E-state index in [1.165, 1.54) is 4.90 Å². The first-order valence-corrected chi connectivity index (χ1v) is 11.2. The molecule has 8 heteroatoms. The molecule has 31 heavy (non-hydrogen) atoms. The number of nitrogens with one attached hydrogen (secondary N) is 2. The van der Waals surface area contributed by atoms with Gasteiger partial charge in [0, 0.05) is 36.8 Å². The van der Waals surface area contributed by atoms with Gasteiger partial charge >= 0.3 is 0 Å². The second-order valence-electron chi connectivity index (χ2n) is 8.13. The summed E-state index contributed by atoms with van der Waals surface area (Å²) in [4.78, 5) is 41.1. The minimum absolute atomic E-state index is 0.0482. The number of halogens is 1. The molecule has 1 aliphatic heterocycles. The van der Waals surface area contributed by atoms with E-state index in [0.717, 1.165) is 12.8 Å². The first kappa shape index (κ1) is 23.3. The second kappa shape index (κ2) is 10.3. The molecule has 0 unspecified atom stereocenters. The van der Waals surface area contributed by atoms with Crippen LogP contribution in [0.4, 0.5) is 5.69 Å². The van der Waals surface area contributed by atoms with E-state index in [9.17, 15) is 19.5 Å². The molecule has 0 aromatic heterocycles. The maximum Gasteiger partial charge on any atom is 0.247 e. The summed E-state index contributed by atoms with van der Waals surface area (Å²) in [6, 6.07) is 6.02. The van der Waals surface area contributed by atoms with Crippen molar-refractivity contribution in [3.05, 3.63) is 41.4 Å². The summed E-state index contributed by atoms with van der Waals surface area (Å²) >= 11 is 5.93. The highest BCUT2D eigenvalue weighted by atomic mass is 35.5. The van der Waals surface area contributed by atoms with Gasteiger partial charge in [-0.05, 0) is 43.0 Å². The van der Waals surface area contributed by atoms with Crippen LogP contribution >= 0.6 is 11.6 Å². The fourth-order valence-electron chi connectivity index (χ4n) is 4.86. The number of likely N-dealkylation sites (tertiary alicyclic amines) is 1. The number of aliphatic hydroxyl groups is 1. The molecule has 1 heterocycles. The van der Waals surface area contributed by atoms with Crippen LogP contribution in [0.5, 0.6) is 0 Å². The van der Waals surface area contributed by atoms with Crippen LogP contribution in [0.3, 0.4) is 0 Å². The molecule has 3 rings (SSSR count). The number of rotatable bonds is 8. The Labute approximate surface area is 187 Å². The van der Waals surface area contributed by atoms with Gasteiger partial charge in [0.25, 0.3) is 0 Å². The number of amides is 3. The van der Waals surface area contributed by atoms with E-state index in [-0.39, 0.29) is 36.8 Å². The lowest BCUT2D eigenvalue weighted by atomic mass is 9.68. The summed E-state index contributed by atoms with van der Waals surface area (Å²) in [7, 11) is 1.58. The van der Waals surface area contributed by atoms with Crippen molar-refractivity contribution in [2.45, 2.75) is 32.2 Å². The van der Waals surface area contributed by atoms with Gasteiger partial charge in [0.05, 0.1) is 11.8 Å². The highest BCUT2D eigenvalue weighted by Crippen LogP contribution is 2.45. The van der Waals surface area contributed by atoms with Crippen LogP contribution in [0, 0.1) is 23.7 Å². The minimum Gasteiger partial charge on any atom is -0.396 e. The van der Waals surface area contributed by atoms with Gasteiger partial charge in [0.1, 0.15) is 6.04 Å². The number of anilines is 1. The Bertz CT molecular complexity index is 842. The Morgan fingerprint density at radius 3 is 2.48 bits per heavy atom. The van der Waals surface area contributed by atoms with Gasteiger partial charge in [-0.3, -0.25) is 14.4 Å². The van der Waals surface area contributed by atoms with Gasteiger partial charge in [0.15, 0.2) is 0 Å². The zero-order valence-electron chi connectivity index (χ0n) is 17.9. The van der Waals surface area contributed by atoms with Crippen molar-refractivity contribution < 1.29 is 19.5 Å². The zero-order chi connectivity index (χ0) is 22.5. The van der Waals surface area contributed by atoms with E-state index in [1.54, 1.807) is 31.3 Å².